The number of rotatable bonds is 9. The van der Waals surface area contributed by atoms with Crippen LogP contribution in [0.25, 0.3) is 22.3 Å². The summed E-state index contributed by atoms with van der Waals surface area (Å²) in [5.41, 5.74) is 6.33. The third kappa shape index (κ3) is 5.48. The van der Waals surface area contributed by atoms with E-state index in [0.717, 1.165) is 45.9 Å². The third-order valence-electron chi connectivity index (χ3n) is 5.00. The lowest BCUT2D eigenvalue weighted by Gasteiger charge is -2.15. The van der Waals surface area contributed by atoms with E-state index >= 15 is 0 Å². The van der Waals surface area contributed by atoms with Crippen LogP contribution in [0.5, 0.6) is 5.75 Å². The monoisotopic (exact) mass is 422 g/mol. The van der Waals surface area contributed by atoms with Gasteiger partial charge in [0.05, 0.1) is 7.11 Å². The van der Waals surface area contributed by atoms with Crippen LogP contribution in [0.4, 0.5) is 11.4 Å². The molecule has 0 aliphatic rings. The summed E-state index contributed by atoms with van der Waals surface area (Å²) >= 11 is 6.70. The Morgan fingerprint density at radius 1 is 0.867 bits per heavy atom. The Morgan fingerprint density at radius 3 is 2.03 bits per heavy atom. The Bertz CT molecular complexity index is 950. The van der Waals surface area contributed by atoms with Crippen molar-refractivity contribution in [2.45, 2.75) is 39.7 Å². The first-order valence-corrected chi connectivity index (χ1v) is 11.0. The van der Waals surface area contributed by atoms with Crippen molar-refractivity contribution in [3.8, 4) is 28.0 Å². The highest BCUT2D eigenvalue weighted by Gasteiger charge is 2.13. The number of benzene rings is 3. The van der Waals surface area contributed by atoms with Gasteiger partial charge >= 0.3 is 0 Å². The molecule has 0 saturated carbocycles. The molecular weight excluding hydrogens is 392 g/mol. The molecule has 0 bridgehead atoms. The molecule has 3 nitrogen and oxygen atoms in total. The molecule has 0 aliphatic heterocycles. The minimum atomic E-state index is 0.395. The van der Waals surface area contributed by atoms with Gasteiger partial charge in [0.15, 0.2) is 0 Å². The van der Waals surface area contributed by atoms with Gasteiger partial charge in [0.25, 0.3) is 0 Å². The van der Waals surface area contributed by atoms with Gasteiger partial charge in [-0.3, -0.25) is 0 Å². The number of ether oxygens (including phenoxy) is 1. The van der Waals surface area contributed by atoms with E-state index < -0.39 is 0 Å². The van der Waals surface area contributed by atoms with Gasteiger partial charge in [-0.15, -0.1) is 0 Å². The van der Waals surface area contributed by atoms with Crippen molar-refractivity contribution < 1.29 is 4.74 Å². The molecule has 0 saturated heterocycles. The number of anilines is 2. The molecule has 0 heterocycles. The first-order valence-electron chi connectivity index (χ1n) is 10.6. The molecule has 2 N–H and O–H groups in total. The maximum absolute atomic E-state index is 6.70. The molecule has 4 heteroatoms. The molecule has 0 aliphatic carbocycles. The fraction of sp³-hybridized carbons (Fsp3) is 0.308. The van der Waals surface area contributed by atoms with E-state index in [2.05, 4.69) is 79.9 Å². The fourth-order valence-electron chi connectivity index (χ4n) is 3.43. The Hall–Kier alpha value is -2.65. The summed E-state index contributed by atoms with van der Waals surface area (Å²) in [5.74, 6) is 0.811. The van der Waals surface area contributed by atoms with Crippen LogP contribution in [0.2, 0.25) is 5.02 Å². The summed E-state index contributed by atoms with van der Waals surface area (Å²) in [6.45, 7) is 7.44. The topological polar surface area (TPSA) is 33.3 Å². The first-order chi connectivity index (χ1) is 14.5. The van der Waals surface area contributed by atoms with Gasteiger partial charge in [0, 0.05) is 40.1 Å². The second-order valence-electron chi connectivity index (χ2n) is 7.77. The van der Waals surface area contributed by atoms with Crippen molar-refractivity contribution in [2.24, 2.45) is 0 Å². The lowest BCUT2D eigenvalue weighted by molar-refractivity contribution is 0.416. The SMILES string of the molecule is CCCCNc1ccc(-c2cc(Cl)c(-c3ccc(NC(C)C)cc3)cc2OC)cc1. The average Bonchev–Trinajstić information content (AvgIpc) is 2.74. The van der Waals surface area contributed by atoms with Gasteiger partial charge < -0.3 is 15.4 Å². The van der Waals surface area contributed by atoms with Gasteiger partial charge in [0.2, 0.25) is 0 Å². The summed E-state index contributed by atoms with van der Waals surface area (Å²) in [7, 11) is 1.70. The highest BCUT2D eigenvalue weighted by Crippen LogP contribution is 2.39. The quantitative estimate of drug-likeness (QED) is 0.346. The molecule has 158 valence electrons. The number of halogens is 1. The van der Waals surface area contributed by atoms with Crippen LogP contribution in [0.3, 0.4) is 0 Å². The van der Waals surface area contributed by atoms with Crippen molar-refractivity contribution in [3.05, 3.63) is 65.7 Å². The summed E-state index contributed by atoms with van der Waals surface area (Å²) in [6.07, 6.45) is 2.35. The Kier molecular flexibility index (Phi) is 7.64. The Labute approximate surface area is 185 Å². The number of hydrogen-bond donors (Lipinski definition) is 2. The van der Waals surface area contributed by atoms with Gasteiger partial charge in [-0.05, 0) is 67.8 Å². The Balaban J connectivity index is 1.87. The summed E-state index contributed by atoms with van der Waals surface area (Å²) in [6, 6.07) is 21.2. The predicted octanol–water partition coefficient (Wildman–Crippen LogP) is 7.71. The molecule has 3 aromatic carbocycles. The van der Waals surface area contributed by atoms with Crippen molar-refractivity contribution in [2.75, 3.05) is 24.3 Å². The number of unbranched alkanes of at least 4 members (excludes halogenated alkanes) is 1. The number of methoxy groups -OCH3 is 1. The second-order valence-corrected chi connectivity index (χ2v) is 8.17. The summed E-state index contributed by atoms with van der Waals surface area (Å²) in [5, 5.41) is 7.57. The van der Waals surface area contributed by atoms with E-state index in [4.69, 9.17) is 16.3 Å². The highest BCUT2D eigenvalue weighted by molar-refractivity contribution is 6.33. The number of nitrogens with one attached hydrogen (secondary N) is 2. The first kappa shape index (κ1) is 22.0. The van der Waals surface area contributed by atoms with E-state index in [1.54, 1.807) is 7.11 Å². The molecular formula is C26H31ClN2O. The largest absolute Gasteiger partial charge is 0.496 e. The van der Waals surface area contributed by atoms with Crippen LogP contribution in [0.1, 0.15) is 33.6 Å². The molecule has 3 aromatic rings. The van der Waals surface area contributed by atoms with Crippen molar-refractivity contribution in [1.29, 1.82) is 0 Å². The lowest BCUT2D eigenvalue weighted by atomic mass is 9.98. The van der Waals surface area contributed by atoms with Gasteiger partial charge in [0.1, 0.15) is 5.75 Å². The second kappa shape index (κ2) is 10.4. The van der Waals surface area contributed by atoms with Gasteiger partial charge in [-0.2, -0.15) is 0 Å². The van der Waals surface area contributed by atoms with Crippen LogP contribution in [-0.2, 0) is 0 Å². The normalized spacial score (nSPS) is 10.9. The predicted molar refractivity (Wildman–Crippen MR) is 131 cm³/mol. The third-order valence-corrected chi connectivity index (χ3v) is 5.31. The zero-order chi connectivity index (χ0) is 21.5. The smallest absolute Gasteiger partial charge is 0.127 e. The van der Waals surface area contributed by atoms with Gasteiger partial charge in [-0.25, -0.2) is 0 Å². The minimum Gasteiger partial charge on any atom is -0.496 e. The van der Waals surface area contributed by atoms with Crippen LogP contribution < -0.4 is 15.4 Å². The molecule has 0 radical (unpaired) electrons. The van der Waals surface area contributed by atoms with Crippen molar-refractivity contribution >= 4 is 23.0 Å². The minimum absolute atomic E-state index is 0.395. The van der Waals surface area contributed by atoms with Crippen LogP contribution >= 0.6 is 11.6 Å². The molecule has 0 amide bonds. The molecule has 0 spiro atoms. The zero-order valence-electron chi connectivity index (χ0n) is 18.3. The Morgan fingerprint density at radius 2 is 1.47 bits per heavy atom. The van der Waals surface area contributed by atoms with E-state index in [9.17, 15) is 0 Å². The van der Waals surface area contributed by atoms with Gasteiger partial charge in [-0.1, -0.05) is 49.2 Å². The van der Waals surface area contributed by atoms with Crippen molar-refractivity contribution in [1.82, 2.24) is 0 Å². The number of hydrogen-bond acceptors (Lipinski definition) is 3. The standard InChI is InChI=1S/C26H31ClN2O/c1-5-6-15-28-21-11-7-20(8-12-21)24-16-25(27)23(17-26(24)30-4)19-9-13-22(14-10-19)29-18(2)3/h7-14,16-18,28-29H,5-6,15H2,1-4H3. The van der Waals surface area contributed by atoms with Crippen LogP contribution in [0.15, 0.2) is 60.7 Å². The molecule has 0 fully saturated rings. The average molecular weight is 423 g/mol. The van der Waals surface area contributed by atoms with E-state index in [0.29, 0.717) is 11.1 Å². The van der Waals surface area contributed by atoms with E-state index in [1.165, 1.54) is 12.8 Å². The highest BCUT2D eigenvalue weighted by atomic mass is 35.5. The lowest BCUT2D eigenvalue weighted by Crippen LogP contribution is -2.09. The molecule has 30 heavy (non-hydrogen) atoms. The molecule has 0 aromatic heterocycles. The van der Waals surface area contributed by atoms with E-state index in [1.807, 2.05) is 12.1 Å². The maximum atomic E-state index is 6.70. The van der Waals surface area contributed by atoms with Crippen LogP contribution in [-0.4, -0.2) is 19.7 Å². The van der Waals surface area contributed by atoms with Crippen LogP contribution in [0, 0.1) is 0 Å². The molecule has 0 unspecified atom stereocenters. The van der Waals surface area contributed by atoms with Crippen molar-refractivity contribution in [3.63, 3.8) is 0 Å². The maximum Gasteiger partial charge on any atom is 0.127 e. The van der Waals surface area contributed by atoms with E-state index in [-0.39, 0.29) is 0 Å². The zero-order valence-corrected chi connectivity index (χ0v) is 19.0. The summed E-state index contributed by atoms with van der Waals surface area (Å²) < 4.78 is 5.72. The molecule has 0 atom stereocenters. The molecule has 3 rings (SSSR count). The summed E-state index contributed by atoms with van der Waals surface area (Å²) in [4.78, 5) is 0. The fourth-order valence-corrected chi connectivity index (χ4v) is 3.70.